The third kappa shape index (κ3) is 3.31. The van der Waals surface area contributed by atoms with Crippen LogP contribution >= 0.6 is 11.8 Å². The van der Waals surface area contributed by atoms with Crippen LogP contribution in [0.5, 0.6) is 0 Å². The van der Waals surface area contributed by atoms with E-state index in [0.29, 0.717) is 0 Å². The molecule has 0 aliphatic rings. The van der Waals surface area contributed by atoms with Crippen LogP contribution in [0.15, 0.2) is 47.4 Å². The minimum Gasteiger partial charge on any atom is -0.354 e. The number of thioether (sulfide) groups is 1. The molecule has 120 valence electrons. The number of fused-ring (bicyclic) bond motifs is 1. The van der Waals surface area contributed by atoms with E-state index < -0.39 is 0 Å². The summed E-state index contributed by atoms with van der Waals surface area (Å²) in [6.45, 7) is 2.92. The van der Waals surface area contributed by atoms with Crippen molar-refractivity contribution in [2.45, 2.75) is 31.1 Å². The second kappa shape index (κ2) is 7.24. The van der Waals surface area contributed by atoms with Gasteiger partial charge in [-0.2, -0.15) is 0 Å². The van der Waals surface area contributed by atoms with Gasteiger partial charge in [0.25, 0.3) is 0 Å². The van der Waals surface area contributed by atoms with Gasteiger partial charge in [-0.05, 0) is 62.7 Å². The Morgan fingerprint density at radius 2 is 1.91 bits per heavy atom. The summed E-state index contributed by atoms with van der Waals surface area (Å²) in [6, 6.07) is 15.3. The maximum atomic E-state index is 5.69. The molecule has 0 radical (unpaired) electrons. The van der Waals surface area contributed by atoms with Crippen LogP contribution in [0.1, 0.15) is 24.0 Å². The van der Waals surface area contributed by atoms with E-state index in [4.69, 9.17) is 5.73 Å². The minimum atomic E-state index is 0.762. The molecule has 0 unspecified atom stereocenters. The fraction of sp³-hybridized carbons (Fsp3) is 0.300. The molecule has 0 aliphatic carbocycles. The number of rotatable bonds is 6. The van der Waals surface area contributed by atoms with Gasteiger partial charge >= 0.3 is 0 Å². The molecule has 0 spiro atoms. The molecule has 3 aromatic rings. The molecule has 0 saturated carbocycles. The molecule has 0 fully saturated rings. The van der Waals surface area contributed by atoms with Gasteiger partial charge in [-0.25, -0.2) is 0 Å². The van der Waals surface area contributed by atoms with Crippen molar-refractivity contribution in [3.8, 4) is 11.3 Å². The average Bonchev–Trinajstić information content (AvgIpc) is 2.93. The fourth-order valence-electron chi connectivity index (χ4n) is 3.15. The highest BCUT2D eigenvalue weighted by atomic mass is 32.2. The van der Waals surface area contributed by atoms with Crippen molar-refractivity contribution in [1.29, 1.82) is 0 Å². The van der Waals surface area contributed by atoms with Crippen molar-refractivity contribution in [1.82, 2.24) is 4.98 Å². The molecule has 1 heterocycles. The number of aromatic amines is 1. The lowest BCUT2D eigenvalue weighted by Gasteiger charge is -2.09. The third-order valence-electron chi connectivity index (χ3n) is 4.32. The van der Waals surface area contributed by atoms with Crippen molar-refractivity contribution in [3.05, 3.63) is 53.6 Å². The van der Waals surface area contributed by atoms with Gasteiger partial charge in [-0.15, -0.1) is 11.8 Å². The lowest BCUT2D eigenvalue weighted by molar-refractivity contribution is 0.748. The zero-order valence-electron chi connectivity index (χ0n) is 13.9. The molecule has 0 saturated heterocycles. The number of nitrogens with one attached hydrogen (secondary N) is 1. The van der Waals surface area contributed by atoms with Gasteiger partial charge in [0.1, 0.15) is 0 Å². The average molecular weight is 324 g/mol. The Morgan fingerprint density at radius 1 is 1.09 bits per heavy atom. The molecule has 2 aromatic carbocycles. The third-order valence-corrected chi connectivity index (χ3v) is 5.11. The molecule has 0 bridgehead atoms. The van der Waals surface area contributed by atoms with Crippen LogP contribution in [0.3, 0.4) is 0 Å². The van der Waals surface area contributed by atoms with Gasteiger partial charge < -0.3 is 10.7 Å². The van der Waals surface area contributed by atoms with E-state index in [1.54, 1.807) is 11.8 Å². The zero-order chi connectivity index (χ0) is 16.2. The number of aryl methyl sites for hydroxylation is 2. The Balaban J connectivity index is 2.16. The van der Waals surface area contributed by atoms with Crippen LogP contribution in [0.2, 0.25) is 0 Å². The lowest BCUT2D eigenvalue weighted by atomic mass is 9.99. The Morgan fingerprint density at radius 3 is 2.70 bits per heavy atom. The van der Waals surface area contributed by atoms with Crippen molar-refractivity contribution < 1.29 is 0 Å². The molecule has 2 nitrogen and oxygen atoms in total. The topological polar surface area (TPSA) is 41.8 Å². The van der Waals surface area contributed by atoms with E-state index in [9.17, 15) is 0 Å². The summed E-state index contributed by atoms with van der Waals surface area (Å²) < 4.78 is 0. The van der Waals surface area contributed by atoms with E-state index in [-0.39, 0.29) is 0 Å². The second-order valence-corrected chi connectivity index (χ2v) is 6.82. The quantitative estimate of drug-likeness (QED) is 0.486. The van der Waals surface area contributed by atoms with Crippen LogP contribution in [0.25, 0.3) is 22.2 Å². The molecule has 3 heteroatoms. The first-order valence-corrected chi connectivity index (χ1v) is 9.41. The highest BCUT2D eigenvalue weighted by Crippen LogP contribution is 2.36. The molecular weight excluding hydrogens is 300 g/mol. The Labute approximate surface area is 142 Å². The number of unbranched alkanes of at least 4 members (excludes halogenated alkanes) is 1. The molecular formula is C20H24N2S. The van der Waals surface area contributed by atoms with Gasteiger partial charge in [0.05, 0.1) is 5.69 Å². The Kier molecular flexibility index (Phi) is 5.09. The highest BCUT2D eigenvalue weighted by Gasteiger charge is 2.15. The maximum absolute atomic E-state index is 5.69. The number of H-pyrrole nitrogens is 1. The summed E-state index contributed by atoms with van der Waals surface area (Å²) in [5, 5.41) is 1.35. The van der Waals surface area contributed by atoms with Gasteiger partial charge in [0.2, 0.25) is 0 Å². The zero-order valence-corrected chi connectivity index (χ0v) is 14.7. The summed E-state index contributed by atoms with van der Waals surface area (Å²) in [7, 11) is 0. The standard InChI is InChI=1S/C20H24N2S/c1-14-10-11-18-17(13-14)15(7-5-6-12-21)20(22-18)16-8-3-4-9-19(16)23-2/h3-4,8-11,13,22H,5-7,12,21H2,1-2H3. The SMILES string of the molecule is CSc1ccccc1-c1[nH]c2ccc(C)cc2c1CCCCN. The summed E-state index contributed by atoms with van der Waals surface area (Å²) in [6.07, 6.45) is 5.41. The number of benzene rings is 2. The first-order valence-electron chi connectivity index (χ1n) is 8.19. The molecule has 0 atom stereocenters. The van der Waals surface area contributed by atoms with Crippen LogP contribution in [-0.4, -0.2) is 17.8 Å². The molecule has 1 aromatic heterocycles. The van der Waals surface area contributed by atoms with E-state index >= 15 is 0 Å². The predicted octanol–water partition coefficient (Wildman–Crippen LogP) is 5.15. The second-order valence-electron chi connectivity index (χ2n) is 5.97. The summed E-state index contributed by atoms with van der Waals surface area (Å²) in [4.78, 5) is 4.98. The molecule has 3 rings (SSSR count). The van der Waals surface area contributed by atoms with E-state index in [2.05, 4.69) is 60.6 Å². The fourth-order valence-corrected chi connectivity index (χ4v) is 3.75. The van der Waals surface area contributed by atoms with E-state index in [0.717, 1.165) is 25.8 Å². The molecule has 0 aliphatic heterocycles. The minimum absolute atomic E-state index is 0.762. The van der Waals surface area contributed by atoms with E-state index in [1.165, 1.54) is 38.2 Å². The van der Waals surface area contributed by atoms with Crippen molar-refractivity contribution in [3.63, 3.8) is 0 Å². The van der Waals surface area contributed by atoms with Crippen molar-refractivity contribution >= 4 is 22.7 Å². The van der Waals surface area contributed by atoms with Crippen LogP contribution in [0.4, 0.5) is 0 Å². The van der Waals surface area contributed by atoms with Gasteiger partial charge in [-0.1, -0.05) is 29.8 Å². The van der Waals surface area contributed by atoms with Gasteiger partial charge in [0.15, 0.2) is 0 Å². The van der Waals surface area contributed by atoms with E-state index in [1.807, 2.05) is 0 Å². The summed E-state index contributed by atoms with van der Waals surface area (Å²) in [5.74, 6) is 0. The summed E-state index contributed by atoms with van der Waals surface area (Å²) >= 11 is 1.80. The number of nitrogens with two attached hydrogens (primary N) is 1. The van der Waals surface area contributed by atoms with Crippen molar-refractivity contribution in [2.75, 3.05) is 12.8 Å². The number of hydrogen-bond donors (Lipinski definition) is 2. The van der Waals surface area contributed by atoms with Crippen LogP contribution < -0.4 is 5.73 Å². The smallest absolute Gasteiger partial charge is 0.0508 e. The van der Waals surface area contributed by atoms with Crippen LogP contribution in [0, 0.1) is 6.92 Å². The number of aromatic nitrogens is 1. The van der Waals surface area contributed by atoms with Crippen molar-refractivity contribution in [2.24, 2.45) is 5.73 Å². The monoisotopic (exact) mass is 324 g/mol. The van der Waals surface area contributed by atoms with Gasteiger partial charge in [0, 0.05) is 21.4 Å². The number of hydrogen-bond acceptors (Lipinski definition) is 2. The normalized spacial score (nSPS) is 11.3. The Hall–Kier alpha value is -1.71. The Bertz CT molecular complexity index is 805. The first-order chi connectivity index (χ1) is 11.2. The molecule has 0 amide bonds. The van der Waals surface area contributed by atoms with Gasteiger partial charge in [-0.3, -0.25) is 0 Å². The molecule has 3 N–H and O–H groups in total. The lowest BCUT2D eigenvalue weighted by Crippen LogP contribution is -1.99. The van der Waals surface area contributed by atoms with Crippen LogP contribution in [-0.2, 0) is 6.42 Å². The highest BCUT2D eigenvalue weighted by molar-refractivity contribution is 7.98. The summed E-state index contributed by atoms with van der Waals surface area (Å²) in [5.41, 5.74) is 12.2. The maximum Gasteiger partial charge on any atom is 0.0508 e. The first kappa shape index (κ1) is 16.2. The predicted molar refractivity (Wildman–Crippen MR) is 102 cm³/mol. The largest absolute Gasteiger partial charge is 0.354 e. The molecule has 23 heavy (non-hydrogen) atoms.